The summed E-state index contributed by atoms with van der Waals surface area (Å²) in [6, 6.07) is 0. The van der Waals surface area contributed by atoms with Crippen molar-refractivity contribution in [2.24, 2.45) is 0 Å². The highest BCUT2D eigenvalue weighted by molar-refractivity contribution is 4.86. The van der Waals surface area contributed by atoms with E-state index in [4.69, 9.17) is 0 Å². The molecule has 8 heteroatoms. The molecule has 0 aliphatic heterocycles. The highest BCUT2D eigenvalue weighted by Crippen LogP contribution is 2.01. The molecule has 0 spiro atoms. The van der Waals surface area contributed by atoms with E-state index >= 15 is 0 Å². The van der Waals surface area contributed by atoms with Crippen LogP contribution in [0.5, 0.6) is 0 Å². The maximum atomic E-state index is 11.6. The van der Waals surface area contributed by atoms with E-state index in [1.165, 1.54) is 0 Å². The van der Waals surface area contributed by atoms with Gasteiger partial charge in [0.25, 0.3) is 0 Å². The average molecular weight is 280 g/mol. The van der Waals surface area contributed by atoms with Gasteiger partial charge < -0.3 is 0 Å². The summed E-state index contributed by atoms with van der Waals surface area (Å²) in [5.74, 6) is 1.54. The number of aromatic nitrogens is 6. The van der Waals surface area contributed by atoms with Crippen LogP contribution >= 0.6 is 0 Å². The molecule has 2 aromatic heterocycles. The predicted octanol–water partition coefficient (Wildman–Crippen LogP) is 0.0614. The van der Waals surface area contributed by atoms with Crippen molar-refractivity contribution in [1.29, 1.82) is 0 Å². The second kappa shape index (κ2) is 6.36. The van der Waals surface area contributed by atoms with Crippen LogP contribution in [0.4, 0.5) is 0 Å². The first-order valence-electron chi connectivity index (χ1n) is 6.95. The Morgan fingerprint density at radius 2 is 1.25 bits per heavy atom. The van der Waals surface area contributed by atoms with Gasteiger partial charge in [0, 0.05) is 25.9 Å². The van der Waals surface area contributed by atoms with E-state index in [0.717, 1.165) is 37.3 Å². The van der Waals surface area contributed by atoms with Crippen molar-refractivity contribution >= 4 is 0 Å². The monoisotopic (exact) mass is 280 g/mol. The molecule has 0 amide bonds. The van der Waals surface area contributed by atoms with Crippen molar-refractivity contribution in [3.05, 3.63) is 32.6 Å². The summed E-state index contributed by atoms with van der Waals surface area (Å²) in [6.07, 6.45) is 3.07. The highest BCUT2D eigenvalue weighted by Gasteiger charge is 2.07. The van der Waals surface area contributed by atoms with Gasteiger partial charge in [0.15, 0.2) is 0 Å². The van der Waals surface area contributed by atoms with Gasteiger partial charge in [-0.1, -0.05) is 13.8 Å². The summed E-state index contributed by atoms with van der Waals surface area (Å²) in [5.41, 5.74) is -0.340. The molecule has 2 aromatic rings. The Labute approximate surface area is 115 Å². The molecule has 0 bridgehead atoms. The lowest BCUT2D eigenvalue weighted by Crippen LogP contribution is -2.21. The SMILES string of the molecule is CCc1n[nH]c(=O)n1CCCCn1c(CC)n[nH]c1=O. The van der Waals surface area contributed by atoms with Gasteiger partial charge in [-0.25, -0.2) is 19.8 Å². The lowest BCUT2D eigenvalue weighted by molar-refractivity contribution is 0.519. The molecule has 0 aliphatic rings. The average Bonchev–Trinajstić information content (AvgIpc) is 2.98. The first-order chi connectivity index (χ1) is 9.67. The normalized spacial score (nSPS) is 11.1. The standard InChI is InChI=1S/C12H20N6O2/c1-3-9-13-15-11(19)17(9)7-5-6-8-18-10(4-2)14-16-12(18)20/h3-8H2,1-2H3,(H,15,19)(H,16,20). The molecular formula is C12H20N6O2. The Kier molecular flexibility index (Phi) is 4.54. The third kappa shape index (κ3) is 2.89. The molecule has 8 nitrogen and oxygen atoms in total. The molecule has 20 heavy (non-hydrogen) atoms. The predicted molar refractivity (Wildman–Crippen MR) is 73.7 cm³/mol. The van der Waals surface area contributed by atoms with Crippen LogP contribution in [-0.4, -0.2) is 29.5 Å². The molecule has 0 unspecified atom stereocenters. The number of rotatable bonds is 7. The van der Waals surface area contributed by atoms with Gasteiger partial charge in [0.05, 0.1) is 0 Å². The van der Waals surface area contributed by atoms with Crippen molar-refractivity contribution in [3.63, 3.8) is 0 Å². The summed E-state index contributed by atoms with van der Waals surface area (Å²) in [7, 11) is 0. The smallest absolute Gasteiger partial charge is 0.279 e. The molecular weight excluding hydrogens is 260 g/mol. The number of H-pyrrole nitrogens is 2. The van der Waals surface area contributed by atoms with Crippen molar-refractivity contribution < 1.29 is 0 Å². The van der Waals surface area contributed by atoms with Gasteiger partial charge in [-0.15, -0.1) is 0 Å². The topological polar surface area (TPSA) is 101 Å². The van der Waals surface area contributed by atoms with Crippen LogP contribution in [0.25, 0.3) is 0 Å². The van der Waals surface area contributed by atoms with Crippen LogP contribution in [0.3, 0.4) is 0 Å². The van der Waals surface area contributed by atoms with E-state index in [1.54, 1.807) is 9.13 Å². The Morgan fingerprint density at radius 1 is 0.850 bits per heavy atom. The van der Waals surface area contributed by atoms with E-state index in [0.29, 0.717) is 13.1 Å². The van der Waals surface area contributed by atoms with Crippen LogP contribution in [0.15, 0.2) is 9.59 Å². The molecule has 0 atom stereocenters. The number of nitrogens with zero attached hydrogens (tertiary/aromatic N) is 4. The Bertz CT molecular complexity index is 604. The minimum absolute atomic E-state index is 0.170. The number of aromatic amines is 2. The fraction of sp³-hybridized carbons (Fsp3) is 0.667. The second-order valence-corrected chi connectivity index (χ2v) is 4.61. The summed E-state index contributed by atoms with van der Waals surface area (Å²) >= 11 is 0. The number of hydrogen-bond acceptors (Lipinski definition) is 4. The van der Waals surface area contributed by atoms with Gasteiger partial charge in [-0.2, -0.15) is 10.2 Å². The maximum absolute atomic E-state index is 11.6. The molecule has 2 rings (SSSR count). The first kappa shape index (κ1) is 14.3. The largest absolute Gasteiger partial charge is 0.343 e. The van der Waals surface area contributed by atoms with Crippen molar-refractivity contribution in [3.8, 4) is 0 Å². The van der Waals surface area contributed by atoms with Gasteiger partial charge in [-0.3, -0.25) is 9.13 Å². The molecule has 0 saturated heterocycles. The molecule has 0 radical (unpaired) electrons. The lowest BCUT2D eigenvalue weighted by Gasteiger charge is -2.06. The first-order valence-corrected chi connectivity index (χ1v) is 6.95. The second-order valence-electron chi connectivity index (χ2n) is 4.61. The molecule has 0 fully saturated rings. The number of aryl methyl sites for hydroxylation is 2. The van der Waals surface area contributed by atoms with E-state index in [9.17, 15) is 9.59 Å². The van der Waals surface area contributed by atoms with Crippen molar-refractivity contribution in [1.82, 2.24) is 29.5 Å². The van der Waals surface area contributed by atoms with Crippen LogP contribution in [0.1, 0.15) is 38.3 Å². The summed E-state index contributed by atoms with van der Waals surface area (Å²) in [6.45, 7) is 5.16. The zero-order valence-electron chi connectivity index (χ0n) is 11.8. The number of hydrogen-bond donors (Lipinski definition) is 2. The summed E-state index contributed by atoms with van der Waals surface area (Å²) < 4.78 is 3.30. The number of nitrogens with one attached hydrogen (secondary N) is 2. The quantitative estimate of drug-likeness (QED) is 0.700. The Balaban J connectivity index is 1.91. The fourth-order valence-electron chi connectivity index (χ4n) is 2.24. The molecule has 110 valence electrons. The van der Waals surface area contributed by atoms with E-state index < -0.39 is 0 Å². The fourth-order valence-corrected chi connectivity index (χ4v) is 2.24. The summed E-state index contributed by atoms with van der Waals surface area (Å²) in [4.78, 5) is 23.1. The zero-order valence-corrected chi connectivity index (χ0v) is 11.8. The minimum atomic E-state index is -0.170. The third-order valence-electron chi connectivity index (χ3n) is 3.32. The Morgan fingerprint density at radius 3 is 1.60 bits per heavy atom. The summed E-state index contributed by atoms with van der Waals surface area (Å²) in [5, 5.41) is 12.8. The maximum Gasteiger partial charge on any atom is 0.343 e. The van der Waals surface area contributed by atoms with E-state index in [2.05, 4.69) is 20.4 Å². The van der Waals surface area contributed by atoms with Crippen LogP contribution in [0, 0.1) is 0 Å². The van der Waals surface area contributed by atoms with E-state index in [-0.39, 0.29) is 11.4 Å². The van der Waals surface area contributed by atoms with Crippen LogP contribution in [0.2, 0.25) is 0 Å². The van der Waals surface area contributed by atoms with Gasteiger partial charge in [0.1, 0.15) is 11.6 Å². The van der Waals surface area contributed by atoms with E-state index in [1.807, 2.05) is 13.8 Å². The number of unbranched alkanes of at least 4 members (excludes halogenated alkanes) is 1. The van der Waals surface area contributed by atoms with Gasteiger partial charge in [0.2, 0.25) is 0 Å². The van der Waals surface area contributed by atoms with Crippen molar-refractivity contribution in [2.45, 2.75) is 52.6 Å². The molecule has 0 saturated carbocycles. The zero-order chi connectivity index (χ0) is 14.5. The highest BCUT2D eigenvalue weighted by atomic mass is 16.2. The third-order valence-corrected chi connectivity index (χ3v) is 3.32. The molecule has 2 N–H and O–H groups in total. The minimum Gasteiger partial charge on any atom is -0.279 e. The lowest BCUT2D eigenvalue weighted by atomic mass is 10.3. The van der Waals surface area contributed by atoms with Crippen LogP contribution in [-0.2, 0) is 25.9 Å². The molecule has 2 heterocycles. The van der Waals surface area contributed by atoms with Gasteiger partial charge >= 0.3 is 11.4 Å². The van der Waals surface area contributed by atoms with Crippen LogP contribution < -0.4 is 11.4 Å². The molecule has 0 aliphatic carbocycles. The molecule has 0 aromatic carbocycles. The van der Waals surface area contributed by atoms with Crippen molar-refractivity contribution in [2.75, 3.05) is 0 Å². The Hall–Kier alpha value is -2.12. The van der Waals surface area contributed by atoms with Gasteiger partial charge in [-0.05, 0) is 12.8 Å².